The lowest BCUT2D eigenvalue weighted by molar-refractivity contribution is 0.341. The van der Waals surface area contributed by atoms with E-state index < -0.39 is 0 Å². The van der Waals surface area contributed by atoms with E-state index in [9.17, 15) is 0 Å². The zero-order valence-corrected chi connectivity index (χ0v) is 12.2. The first-order valence-electron chi connectivity index (χ1n) is 6.33. The molecule has 0 aliphatic heterocycles. The molecule has 3 heteroatoms. The van der Waals surface area contributed by atoms with Gasteiger partial charge in [0.25, 0.3) is 0 Å². The second-order valence-electron chi connectivity index (χ2n) is 4.53. The summed E-state index contributed by atoms with van der Waals surface area (Å²) in [7, 11) is 0. The average Bonchev–Trinajstić information content (AvgIpc) is 2.39. The van der Waals surface area contributed by atoms with Gasteiger partial charge in [-0.3, -0.25) is 0 Å². The van der Waals surface area contributed by atoms with E-state index in [2.05, 4.69) is 31.2 Å². The number of thioether (sulfide) groups is 1. The number of aryl methyl sites for hydroxylation is 2. The Morgan fingerprint density at radius 1 is 1.05 bits per heavy atom. The summed E-state index contributed by atoms with van der Waals surface area (Å²) in [5.41, 5.74) is 8.86. The first kappa shape index (κ1) is 13.8. The Balaban J connectivity index is 1.79. The molecule has 2 aromatic carbocycles. The lowest BCUT2D eigenvalue weighted by Gasteiger charge is -2.09. The number of benzene rings is 2. The van der Waals surface area contributed by atoms with Gasteiger partial charge in [-0.25, -0.2) is 0 Å². The molecule has 2 aromatic rings. The third-order valence-corrected chi connectivity index (χ3v) is 3.81. The maximum atomic E-state index is 5.76. The van der Waals surface area contributed by atoms with Crippen LogP contribution in [0.5, 0.6) is 5.75 Å². The van der Waals surface area contributed by atoms with Gasteiger partial charge in [0.05, 0.1) is 6.61 Å². The van der Waals surface area contributed by atoms with Crippen molar-refractivity contribution in [2.45, 2.75) is 18.7 Å². The summed E-state index contributed by atoms with van der Waals surface area (Å²) in [6.07, 6.45) is 0. The van der Waals surface area contributed by atoms with Gasteiger partial charge >= 0.3 is 0 Å². The van der Waals surface area contributed by atoms with Gasteiger partial charge in [0.15, 0.2) is 0 Å². The summed E-state index contributed by atoms with van der Waals surface area (Å²) in [6, 6.07) is 14.3. The lowest BCUT2D eigenvalue weighted by atomic mass is 10.2. The molecule has 0 aromatic heterocycles. The topological polar surface area (TPSA) is 35.2 Å². The third-order valence-electron chi connectivity index (χ3n) is 2.83. The van der Waals surface area contributed by atoms with Crippen molar-refractivity contribution in [3.63, 3.8) is 0 Å². The Hall–Kier alpha value is -1.61. The summed E-state index contributed by atoms with van der Waals surface area (Å²) < 4.78 is 5.76. The minimum atomic E-state index is 0.698. The van der Waals surface area contributed by atoms with Crippen LogP contribution < -0.4 is 10.5 Å². The molecule has 2 N–H and O–H groups in total. The highest BCUT2D eigenvalue weighted by Crippen LogP contribution is 2.22. The Bertz CT molecular complexity index is 537. The van der Waals surface area contributed by atoms with Gasteiger partial charge < -0.3 is 10.5 Å². The van der Waals surface area contributed by atoms with Crippen molar-refractivity contribution in [1.82, 2.24) is 0 Å². The van der Waals surface area contributed by atoms with E-state index in [1.807, 2.05) is 36.9 Å². The van der Waals surface area contributed by atoms with Gasteiger partial charge in [-0.05, 0) is 49.7 Å². The molecule has 2 rings (SSSR count). The van der Waals surface area contributed by atoms with Gasteiger partial charge in [-0.2, -0.15) is 0 Å². The van der Waals surface area contributed by atoms with E-state index in [0.717, 1.165) is 22.8 Å². The molecule has 0 bridgehead atoms. The number of rotatable bonds is 5. The van der Waals surface area contributed by atoms with E-state index in [1.54, 1.807) is 0 Å². The standard InChI is InChI=1S/C16H19NOS/c1-12-3-6-15(7-4-12)19-10-9-18-16-8-5-14(17)11-13(16)2/h3-8,11H,9-10,17H2,1-2H3. The van der Waals surface area contributed by atoms with Crippen molar-refractivity contribution < 1.29 is 4.74 Å². The van der Waals surface area contributed by atoms with Crippen LogP contribution in [0.3, 0.4) is 0 Å². The molecule has 0 amide bonds. The number of hydrogen-bond donors (Lipinski definition) is 1. The second-order valence-corrected chi connectivity index (χ2v) is 5.70. The zero-order valence-electron chi connectivity index (χ0n) is 11.3. The van der Waals surface area contributed by atoms with Crippen molar-refractivity contribution in [3.8, 4) is 5.75 Å². The smallest absolute Gasteiger partial charge is 0.122 e. The molecule has 0 spiro atoms. The predicted molar refractivity (Wildman–Crippen MR) is 83.0 cm³/mol. The monoisotopic (exact) mass is 273 g/mol. The van der Waals surface area contributed by atoms with E-state index in [4.69, 9.17) is 10.5 Å². The minimum absolute atomic E-state index is 0.698. The number of ether oxygens (including phenoxy) is 1. The van der Waals surface area contributed by atoms with Crippen molar-refractivity contribution in [1.29, 1.82) is 0 Å². The van der Waals surface area contributed by atoms with E-state index >= 15 is 0 Å². The Labute approximate surface area is 119 Å². The molecule has 0 heterocycles. The second kappa shape index (κ2) is 6.53. The predicted octanol–water partition coefficient (Wildman–Crippen LogP) is 4.06. The summed E-state index contributed by atoms with van der Waals surface area (Å²) in [4.78, 5) is 1.28. The zero-order chi connectivity index (χ0) is 13.7. The summed E-state index contributed by atoms with van der Waals surface area (Å²) in [5.74, 6) is 1.85. The third kappa shape index (κ3) is 4.21. The Kier molecular flexibility index (Phi) is 4.74. The molecule has 19 heavy (non-hydrogen) atoms. The molecular weight excluding hydrogens is 254 g/mol. The van der Waals surface area contributed by atoms with Crippen LogP contribution in [0.1, 0.15) is 11.1 Å². The summed E-state index contributed by atoms with van der Waals surface area (Å²) in [5, 5.41) is 0. The van der Waals surface area contributed by atoms with Crippen LogP contribution in [0.15, 0.2) is 47.4 Å². The molecule has 0 aliphatic carbocycles. The van der Waals surface area contributed by atoms with Crippen LogP contribution in [-0.2, 0) is 0 Å². The highest BCUT2D eigenvalue weighted by atomic mass is 32.2. The van der Waals surface area contributed by atoms with Gasteiger partial charge in [-0.15, -0.1) is 11.8 Å². The van der Waals surface area contributed by atoms with Crippen LogP contribution in [0, 0.1) is 13.8 Å². The molecule has 100 valence electrons. The fourth-order valence-corrected chi connectivity index (χ4v) is 2.51. The van der Waals surface area contributed by atoms with Crippen molar-refractivity contribution in [3.05, 3.63) is 53.6 Å². The lowest BCUT2D eigenvalue weighted by Crippen LogP contribution is -2.01. The van der Waals surface area contributed by atoms with Crippen LogP contribution in [0.4, 0.5) is 5.69 Å². The normalized spacial score (nSPS) is 10.4. The molecule has 0 fully saturated rings. The van der Waals surface area contributed by atoms with Crippen molar-refractivity contribution in [2.24, 2.45) is 0 Å². The Morgan fingerprint density at radius 2 is 1.79 bits per heavy atom. The molecule has 0 unspecified atom stereocenters. The van der Waals surface area contributed by atoms with E-state index in [0.29, 0.717) is 6.61 Å². The number of hydrogen-bond acceptors (Lipinski definition) is 3. The fourth-order valence-electron chi connectivity index (χ4n) is 1.78. The molecule has 0 saturated carbocycles. The Morgan fingerprint density at radius 3 is 2.47 bits per heavy atom. The van der Waals surface area contributed by atoms with Gasteiger partial charge in [0.1, 0.15) is 5.75 Å². The van der Waals surface area contributed by atoms with Crippen molar-refractivity contribution >= 4 is 17.4 Å². The van der Waals surface area contributed by atoms with Crippen molar-refractivity contribution in [2.75, 3.05) is 18.1 Å². The molecular formula is C16H19NOS. The number of nitrogens with two attached hydrogens (primary N) is 1. The average molecular weight is 273 g/mol. The molecule has 0 atom stereocenters. The summed E-state index contributed by atoms with van der Waals surface area (Å²) >= 11 is 1.81. The van der Waals surface area contributed by atoms with Crippen LogP contribution in [0.25, 0.3) is 0 Å². The molecule has 0 saturated heterocycles. The first-order valence-corrected chi connectivity index (χ1v) is 7.32. The van der Waals surface area contributed by atoms with Gasteiger partial charge in [0.2, 0.25) is 0 Å². The number of nitrogen functional groups attached to an aromatic ring is 1. The van der Waals surface area contributed by atoms with Crippen LogP contribution in [0.2, 0.25) is 0 Å². The van der Waals surface area contributed by atoms with E-state index in [1.165, 1.54) is 10.5 Å². The van der Waals surface area contributed by atoms with Crippen LogP contribution >= 0.6 is 11.8 Å². The largest absolute Gasteiger partial charge is 0.492 e. The highest BCUT2D eigenvalue weighted by Gasteiger charge is 2.00. The number of anilines is 1. The molecule has 0 radical (unpaired) electrons. The summed E-state index contributed by atoms with van der Waals surface area (Å²) in [6.45, 7) is 4.81. The maximum absolute atomic E-state index is 5.76. The first-order chi connectivity index (χ1) is 9.15. The highest BCUT2D eigenvalue weighted by molar-refractivity contribution is 7.99. The quantitative estimate of drug-likeness (QED) is 0.507. The fraction of sp³-hybridized carbons (Fsp3) is 0.250. The van der Waals surface area contributed by atoms with Gasteiger partial charge in [0, 0.05) is 16.3 Å². The molecule has 2 nitrogen and oxygen atoms in total. The molecule has 0 aliphatic rings. The van der Waals surface area contributed by atoms with Gasteiger partial charge in [-0.1, -0.05) is 17.7 Å². The minimum Gasteiger partial charge on any atom is -0.492 e. The maximum Gasteiger partial charge on any atom is 0.122 e. The SMILES string of the molecule is Cc1ccc(SCCOc2ccc(N)cc2C)cc1. The van der Waals surface area contributed by atoms with E-state index in [-0.39, 0.29) is 0 Å². The van der Waals surface area contributed by atoms with Crippen LogP contribution in [-0.4, -0.2) is 12.4 Å².